The van der Waals surface area contributed by atoms with Crippen LogP contribution in [0.2, 0.25) is 0 Å². The van der Waals surface area contributed by atoms with Crippen LogP contribution < -0.4 is 5.73 Å². The standard InChI is InChI=1S/C9H17NO2/c1-7-3-2-4-9(7,6-10)8(12)5-11/h5,7-8,12H,2-4,6,10H2,1H3. The van der Waals surface area contributed by atoms with E-state index in [1.807, 2.05) is 0 Å². The Bertz CT molecular complexity index is 172. The Labute approximate surface area is 72.9 Å². The van der Waals surface area contributed by atoms with Crippen LogP contribution in [0.3, 0.4) is 0 Å². The van der Waals surface area contributed by atoms with E-state index < -0.39 is 6.10 Å². The highest BCUT2D eigenvalue weighted by atomic mass is 16.3. The van der Waals surface area contributed by atoms with Gasteiger partial charge in [-0.2, -0.15) is 0 Å². The lowest BCUT2D eigenvalue weighted by atomic mass is 9.74. The van der Waals surface area contributed by atoms with Gasteiger partial charge in [-0.3, -0.25) is 0 Å². The molecule has 0 bridgehead atoms. The molecule has 1 fully saturated rings. The summed E-state index contributed by atoms with van der Waals surface area (Å²) in [6, 6.07) is 0. The Kier molecular flexibility index (Phi) is 2.85. The van der Waals surface area contributed by atoms with E-state index in [2.05, 4.69) is 6.92 Å². The number of aliphatic hydroxyl groups excluding tert-OH is 1. The molecule has 1 rings (SSSR count). The number of carbonyl (C=O) groups is 1. The molecule has 1 saturated carbocycles. The quantitative estimate of drug-likeness (QED) is 0.601. The lowest BCUT2D eigenvalue weighted by molar-refractivity contribution is -0.122. The molecule has 3 heteroatoms. The van der Waals surface area contributed by atoms with Gasteiger partial charge in [0, 0.05) is 12.0 Å². The summed E-state index contributed by atoms with van der Waals surface area (Å²) in [5.74, 6) is 0.364. The van der Waals surface area contributed by atoms with Crippen LogP contribution in [-0.2, 0) is 4.79 Å². The summed E-state index contributed by atoms with van der Waals surface area (Å²) >= 11 is 0. The third kappa shape index (κ3) is 1.27. The number of aldehydes is 1. The average molecular weight is 171 g/mol. The van der Waals surface area contributed by atoms with Crippen molar-refractivity contribution in [2.45, 2.75) is 32.3 Å². The maximum atomic E-state index is 10.5. The van der Waals surface area contributed by atoms with Gasteiger partial charge in [0.15, 0.2) is 0 Å². The normalized spacial score (nSPS) is 38.1. The summed E-state index contributed by atoms with van der Waals surface area (Å²) < 4.78 is 0. The van der Waals surface area contributed by atoms with E-state index in [-0.39, 0.29) is 5.41 Å². The molecule has 0 aromatic rings. The highest BCUT2D eigenvalue weighted by Gasteiger charge is 2.44. The van der Waals surface area contributed by atoms with Gasteiger partial charge in [0.2, 0.25) is 0 Å². The average Bonchev–Trinajstić information content (AvgIpc) is 2.46. The van der Waals surface area contributed by atoms with E-state index in [1.54, 1.807) is 0 Å². The van der Waals surface area contributed by atoms with Crippen molar-refractivity contribution in [3.8, 4) is 0 Å². The van der Waals surface area contributed by atoms with E-state index in [0.717, 1.165) is 19.3 Å². The first-order chi connectivity index (χ1) is 5.67. The van der Waals surface area contributed by atoms with Crippen molar-refractivity contribution in [1.29, 1.82) is 0 Å². The van der Waals surface area contributed by atoms with Crippen LogP contribution in [0.4, 0.5) is 0 Å². The first kappa shape index (κ1) is 9.68. The van der Waals surface area contributed by atoms with E-state index in [1.165, 1.54) is 0 Å². The molecule has 0 heterocycles. The smallest absolute Gasteiger partial charge is 0.149 e. The predicted octanol–water partition coefficient (Wildman–Crippen LogP) is 0.311. The number of hydrogen-bond acceptors (Lipinski definition) is 3. The fourth-order valence-corrected chi connectivity index (χ4v) is 2.27. The molecule has 1 aliphatic rings. The van der Waals surface area contributed by atoms with Gasteiger partial charge >= 0.3 is 0 Å². The molecule has 3 N–H and O–H groups in total. The van der Waals surface area contributed by atoms with Crippen LogP contribution >= 0.6 is 0 Å². The van der Waals surface area contributed by atoms with Gasteiger partial charge in [-0.25, -0.2) is 0 Å². The van der Waals surface area contributed by atoms with Gasteiger partial charge in [0.25, 0.3) is 0 Å². The molecule has 0 aromatic carbocycles. The zero-order chi connectivity index (χ0) is 9.19. The fraction of sp³-hybridized carbons (Fsp3) is 0.889. The van der Waals surface area contributed by atoms with Crippen molar-refractivity contribution in [3.63, 3.8) is 0 Å². The maximum Gasteiger partial charge on any atom is 0.149 e. The molecule has 70 valence electrons. The van der Waals surface area contributed by atoms with Crippen LogP contribution in [0.5, 0.6) is 0 Å². The molecular weight excluding hydrogens is 154 g/mol. The third-order valence-electron chi connectivity index (χ3n) is 3.36. The topological polar surface area (TPSA) is 63.3 Å². The predicted molar refractivity (Wildman–Crippen MR) is 46.6 cm³/mol. The molecule has 0 saturated heterocycles. The highest BCUT2D eigenvalue weighted by molar-refractivity contribution is 5.57. The van der Waals surface area contributed by atoms with Crippen LogP contribution in [0, 0.1) is 11.3 Å². The first-order valence-corrected chi connectivity index (χ1v) is 4.51. The van der Waals surface area contributed by atoms with Crippen LogP contribution in [0.1, 0.15) is 26.2 Å². The minimum atomic E-state index is -0.875. The number of hydrogen-bond donors (Lipinski definition) is 2. The highest BCUT2D eigenvalue weighted by Crippen LogP contribution is 2.44. The Morgan fingerprint density at radius 2 is 2.50 bits per heavy atom. The molecule has 3 nitrogen and oxygen atoms in total. The van der Waals surface area contributed by atoms with E-state index in [0.29, 0.717) is 18.7 Å². The Morgan fingerprint density at radius 3 is 2.83 bits per heavy atom. The summed E-state index contributed by atoms with van der Waals surface area (Å²) in [6.45, 7) is 2.47. The van der Waals surface area contributed by atoms with Crippen molar-refractivity contribution in [1.82, 2.24) is 0 Å². The molecule has 0 radical (unpaired) electrons. The Hall–Kier alpha value is -0.410. The number of carbonyl (C=O) groups excluding carboxylic acids is 1. The van der Waals surface area contributed by atoms with Crippen molar-refractivity contribution in [2.75, 3.05) is 6.54 Å². The van der Waals surface area contributed by atoms with E-state index in [9.17, 15) is 9.90 Å². The Morgan fingerprint density at radius 1 is 1.83 bits per heavy atom. The van der Waals surface area contributed by atoms with Crippen LogP contribution in [0.25, 0.3) is 0 Å². The third-order valence-corrected chi connectivity index (χ3v) is 3.36. The second-order valence-electron chi connectivity index (χ2n) is 3.81. The summed E-state index contributed by atoms with van der Waals surface area (Å²) in [7, 11) is 0. The van der Waals surface area contributed by atoms with E-state index >= 15 is 0 Å². The molecule has 0 aromatic heterocycles. The van der Waals surface area contributed by atoms with Gasteiger partial charge in [-0.1, -0.05) is 13.3 Å². The van der Waals surface area contributed by atoms with E-state index in [4.69, 9.17) is 5.73 Å². The summed E-state index contributed by atoms with van der Waals surface area (Å²) in [4.78, 5) is 10.5. The molecular formula is C9H17NO2. The molecule has 1 aliphatic carbocycles. The number of rotatable bonds is 3. The summed E-state index contributed by atoms with van der Waals surface area (Å²) in [6.07, 6.45) is 2.77. The molecule has 0 spiro atoms. The SMILES string of the molecule is CC1CCCC1(CN)C(O)C=O. The van der Waals surface area contributed by atoms with Crippen molar-refractivity contribution in [3.05, 3.63) is 0 Å². The van der Waals surface area contributed by atoms with Gasteiger partial charge < -0.3 is 15.6 Å². The first-order valence-electron chi connectivity index (χ1n) is 4.51. The number of aliphatic hydroxyl groups is 1. The largest absolute Gasteiger partial charge is 0.385 e. The second kappa shape index (κ2) is 3.54. The minimum Gasteiger partial charge on any atom is -0.385 e. The van der Waals surface area contributed by atoms with Crippen molar-refractivity contribution < 1.29 is 9.90 Å². The molecule has 3 atom stereocenters. The zero-order valence-electron chi connectivity index (χ0n) is 7.49. The maximum absolute atomic E-state index is 10.5. The monoisotopic (exact) mass is 171 g/mol. The van der Waals surface area contributed by atoms with Gasteiger partial charge in [0.05, 0.1) is 0 Å². The van der Waals surface area contributed by atoms with Crippen molar-refractivity contribution in [2.24, 2.45) is 17.1 Å². The van der Waals surface area contributed by atoms with Gasteiger partial charge in [-0.15, -0.1) is 0 Å². The molecule has 3 unspecified atom stereocenters. The van der Waals surface area contributed by atoms with Gasteiger partial charge in [0.1, 0.15) is 12.4 Å². The summed E-state index contributed by atoms with van der Waals surface area (Å²) in [5.41, 5.74) is 5.29. The molecule has 0 amide bonds. The number of nitrogens with two attached hydrogens (primary N) is 1. The second-order valence-corrected chi connectivity index (χ2v) is 3.81. The fourth-order valence-electron chi connectivity index (χ4n) is 2.27. The Balaban J connectivity index is 2.80. The summed E-state index contributed by atoms with van der Waals surface area (Å²) in [5, 5.41) is 9.53. The molecule has 0 aliphatic heterocycles. The van der Waals surface area contributed by atoms with Crippen LogP contribution in [-0.4, -0.2) is 24.0 Å². The minimum absolute atomic E-state index is 0.332. The molecule has 12 heavy (non-hydrogen) atoms. The zero-order valence-corrected chi connectivity index (χ0v) is 7.49. The lowest BCUT2D eigenvalue weighted by Crippen LogP contribution is -2.44. The lowest BCUT2D eigenvalue weighted by Gasteiger charge is -2.34. The van der Waals surface area contributed by atoms with Crippen LogP contribution in [0.15, 0.2) is 0 Å². The van der Waals surface area contributed by atoms with Gasteiger partial charge in [-0.05, 0) is 18.8 Å². The van der Waals surface area contributed by atoms with Crippen molar-refractivity contribution >= 4 is 6.29 Å².